The Morgan fingerprint density at radius 3 is 2.35 bits per heavy atom. The van der Waals surface area contributed by atoms with Crippen LogP contribution in [-0.2, 0) is 10.0 Å². The second kappa shape index (κ2) is 8.41. The van der Waals surface area contributed by atoms with E-state index in [0.29, 0.717) is 37.7 Å². The molecule has 0 radical (unpaired) electrons. The zero-order valence-electron chi connectivity index (χ0n) is 17.4. The number of benzene rings is 1. The second-order valence-electron chi connectivity index (χ2n) is 7.30. The van der Waals surface area contributed by atoms with Gasteiger partial charge in [0.15, 0.2) is 5.82 Å². The zero-order chi connectivity index (χ0) is 22.0. The maximum atomic E-state index is 13.1. The van der Waals surface area contributed by atoms with Crippen molar-refractivity contribution in [3.63, 3.8) is 0 Å². The molecule has 0 unspecified atom stereocenters. The zero-order valence-corrected chi connectivity index (χ0v) is 18.2. The molecule has 3 heterocycles. The van der Waals surface area contributed by atoms with Crippen LogP contribution in [0.2, 0.25) is 0 Å². The molecule has 0 amide bonds. The maximum absolute atomic E-state index is 13.1. The van der Waals surface area contributed by atoms with Crippen molar-refractivity contribution < 1.29 is 8.42 Å². The molecule has 4 rings (SSSR count). The number of nitrogens with zero attached hydrogens (tertiary/aromatic N) is 6. The van der Waals surface area contributed by atoms with Crippen LogP contribution in [0.4, 0.5) is 5.82 Å². The maximum Gasteiger partial charge on any atom is 0.244 e. The number of rotatable bonds is 4. The minimum atomic E-state index is -3.74. The number of aromatic nitrogens is 3. The highest BCUT2D eigenvalue weighted by atomic mass is 32.2. The van der Waals surface area contributed by atoms with Crippen molar-refractivity contribution in [2.45, 2.75) is 18.7 Å². The fraction of sp³-hybridized carbons (Fsp3) is 0.273. The van der Waals surface area contributed by atoms with Crippen molar-refractivity contribution in [2.24, 2.45) is 0 Å². The molecule has 1 aliphatic heterocycles. The summed E-state index contributed by atoms with van der Waals surface area (Å²) in [5.41, 5.74) is 2.68. The molecule has 31 heavy (non-hydrogen) atoms. The van der Waals surface area contributed by atoms with Crippen LogP contribution in [0.25, 0.3) is 11.5 Å². The Kier molecular flexibility index (Phi) is 5.67. The number of pyridine rings is 1. The Labute approximate surface area is 181 Å². The van der Waals surface area contributed by atoms with Gasteiger partial charge < -0.3 is 4.90 Å². The summed E-state index contributed by atoms with van der Waals surface area (Å²) in [6.45, 7) is 5.51. The van der Waals surface area contributed by atoms with Gasteiger partial charge in [0, 0.05) is 43.6 Å². The fourth-order valence-electron chi connectivity index (χ4n) is 3.59. The predicted molar refractivity (Wildman–Crippen MR) is 117 cm³/mol. The van der Waals surface area contributed by atoms with E-state index in [-0.39, 0.29) is 10.5 Å². The first-order chi connectivity index (χ1) is 14.9. The molecular formula is C22H22N6O2S. The Hall–Kier alpha value is -3.35. The Morgan fingerprint density at radius 2 is 1.68 bits per heavy atom. The number of aryl methyl sites for hydroxylation is 1. The monoisotopic (exact) mass is 434 g/mol. The topological polar surface area (TPSA) is 103 Å². The highest BCUT2D eigenvalue weighted by Gasteiger charge is 2.31. The average molecular weight is 435 g/mol. The van der Waals surface area contributed by atoms with E-state index in [0.717, 1.165) is 17.1 Å². The van der Waals surface area contributed by atoms with E-state index >= 15 is 0 Å². The van der Waals surface area contributed by atoms with Crippen LogP contribution in [0.5, 0.6) is 0 Å². The Morgan fingerprint density at radius 1 is 0.968 bits per heavy atom. The Bertz CT molecular complexity index is 1250. The van der Waals surface area contributed by atoms with Crippen LogP contribution in [-0.4, -0.2) is 53.9 Å². The minimum Gasteiger partial charge on any atom is -0.354 e. The van der Waals surface area contributed by atoms with Gasteiger partial charge in [-0.25, -0.2) is 18.4 Å². The molecule has 0 N–H and O–H groups in total. The van der Waals surface area contributed by atoms with Gasteiger partial charge >= 0.3 is 0 Å². The lowest BCUT2D eigenvalue weighted by atomic mass is 10.2. The summed E-state index contributed by atoms with van der Waals surface area (Å²) in [6.07, 6.45) is 1.70. The standard InChI is InChI=1S/C22H22N6O2S/c1-16-17(2)25-21(19-8-5-6-10-24-19)26-22(16)27-11-13-28(14-12-27)31(29,30)20-9-4-3-7-18(20)15-23/h3-10H,11-14H2,1-2H3. The highest BCUT2D eigenvalue weighted by Crippen LogP contribution is 2.26. The molecule has 0 bridgehead atoms. The molecule has 0 aliphatic carbocycles. The summed E-state index contributed by atoms with van der Waals surface area (Å²) in [6, 6.07) is 13.9. The predicted octanol–water partition coefficient (Wildman–Crippen LogP) is 2.54. The van der Waals surface area contributed by atoms with Crippen LogP contribution in [0, 0.1) is 25.2 Å². The molecule has 1 fully saturated rings. The smallest absolute Gasteiger partial charge is 0.244 e. The van der Waals surface area contributed by atoms with Crippen molar-refractivity contribution in [1.29, 1.82) is 5.26 Å². The van der Waals surface area contributed by atoms with Crippen LogP contribution in [0.3, 0.4) is 0 Å². The van der Waals surface area contributed by atoms with E-state index in [9.17, 15) is 13.7 Å². The average Bonchev–Trinajstić information content (AvgIpc) is 2.81. The van der Waals surface area contributed by atoms with Gasteiger partial charge in [0.2, 0.25) is 10.0 Å². The third kappa shape index (κ3) is 4.00. The summed E-state index contributed by atoms with van der Waals surface area (Å²) in [5, 5.41) is 9.29. The van der Waals surface area contributed by atoms with E-state index in [1.54, 1.807) is 18.3 Å². The quantitative estimate of drug-likeness (QED) is 0.622. The molecule has 1 aliphatic rings. The molecule has 158 valence electrons. The number of sulfonamides is 1. The largest absolute Gasteiger partial charge is 0.354 e. The van der Waals surface area contributed by atoms with Gasteiger partial charge in [-0.1, -0.05) is 18.2 Å². The molecule has 3 aromatic rings. The molecule has 2 aromatic heterocycles. The molecule has 8 nitrogen and oxygen atoms in total. The number of hydrogen-bond donors (Lipinski definition) is 0. The van der Waals surface area contributed by atoms with Crippen LogP contribution in [0.15, 0.2) is 53.6 Å². The molecule has 0 spiro atoms. The summed E-state index contributed by atoms with van der Waals surface area (Å²) >= 11 is 0. The summed E-state index contributed by atoms with van der Waals surface area (Å²) in [4.78, 5) is 15.8. The number of hydrogen-bond acceptors (Lipinski definition) is 7. The molecule has 0 saturated carbocycles. The van der Waals surface area contributed by atoms with E-state index < -0.39 is 10.0 Å². The minimum absolute atomic E-state index is 0.0532. The lowest BCUT2D eigenvalue weighted by Crippen LogP contribution is -2.49. The number of anilines is 1. The van der Waals surface area contributed by atoms with Crippen molar-refractivity contribution in [3.05, 3.63) is 65.5 Å². The van der Waals surface area contributed by atoms with Crippen LogP contribution in [0.1, 0.15) is 16.8 Å². The van der Waals surface area contributed by atoms with Gasteiger partial charge in [0.1, 0.15) is 17.6 Å². The summed E-state index contributed by atoms with van der Waals surface area (Å²) in [7, 11) is -3.74. The first-order valence-corrected chi connectivity index (χ1v) is 11.4. The lowest BCUT2D eigenvalue weighted by Gasteiger charge is -2.35. The highest BCUT2D eigenvalue weighted by molar-refractivity contribution is 7.89. The van der Waals surface area contributed by atoms with Crippen molar-refractivity contribution in [2.75, 3.05) is 31.1 Å². The van der Waals surface area contributed by atoms with E-state index in [2.05, 4.69) is 14.9 Å². The van der Waals surface area contributed by atoms with E-state index in [1.807, 2.05) is 38.1 Å². The van der Waals surface area contributed by atoms with E-state index in [1.165, 1.54) is 16.4 Å². The van der Waals surface area contributed by atoms with Crippen molar-refractivity contribution in [1.82, 2.24) is 19.3 Å². The summed E-state index contributed by atoms with van der Waals surface area (Å²) < 4.78 is 27.6. The lowest BCUT2D eigenvalue weighted by molar-refractivity contribution is 0.383. The Balaban J connectivity index is 1.58. The van der Waals surface area contributed by atoms with Gasteiger partial charge in [0.05, 0.1) is 10.5 Å². The number of nitriles is 1. The molecule has 1 aromatic carbocycles. The SMILES string of the molecule is Cc1nc(-c2ccccn2)nc(N2CCN(S(=O)(=O)c3ccccc3C#N)CC2)c1C. The first-order valence-electron chi connectivity index (χ1n) is 9.92. The normalized spacial score (nSPS) is 14.9. The molecular weight excluding hydrogens is 412 g/mol. The van der Waals surface area contributed by atoms with Gasteiger partial charge in [-0.15, -0.1) is 0 Å². The van der Waals surface area contributed by atoms with Crippen molar-refractivity contribution in [3.8, 4) is 17.6 Å². The van der Waals surface area contributed by atoms with Crippen LogP contribution < -0.4 is 4.90 Å². The molecule has 0 atom stereocenters. The van der Waals surface area contributed by atoms with Gasteiger partial charge in [0.25, 0.3) is 0 Å². The van der Waals surface area contributed by atoms with Crippen molar-refractivity contribution >= 4 is 15.8 Å². The third-order valence-corrected chi connectivity index (χ3v) is 7.38. The fourth-order valence-corrected chi connectivity index (χ4v) is 5.16. The molecule has 9 heteroatoms. The van der Waals surface area contributed by atoms with E-state index in [4.69, 9.17) is 4.98 Å². The van der Waals surface area contributed by atoms with Gasteiger partial charge in [-0.3, -0.25) is 4.98 Å². The first kappa shape index (κ1) is 20.9. The van der Waals surface area contributed by atoms with Gasteiger partial charge in [-0.2, -0.15) is 9.57 Å². The second-order valence-corrected chi connectivity index (χ2v) is 9.20. The molecule has 1 saturated heterocycles. The van der Waals surface area contributed by atoms with Crippen LogP contribution >= 0.6 is 0 Å². The number of piperazine rings is 1. The van der Waals surface area contributed by atoms with Gasteiger partial charge in [-0.05, 0) is 38.1 Å². The summed E-state index contributed by atoms with van der Waals surface area (Å²) in [5.74, 6) is 1.35. The third-order valence-electron chi connectivity index (χ3n) is 5.42.